The highest BCUT2D eigenvalue weighted by Gasteiger charge is 2.21. The van der Waals surface area contributed by atoms with E-state index in [2.05, 4.69) is 11.4 Å². The van der Waals surface area contributed by atoms with Gasteiger partial charge in [0.05, 0.1) is 34.4 Å². The van der Waals surface area contributed by atoms with Crippen LogP contribution in [0.1, 0.15) is 16.9 Å². The van der Waals surface area contributed by atoms with Crippen molar-refractivity contribution in [1.82, 2.24) is 0 Å². The van der Waals surface area contributed by atoms with Gasteiger partial charge in [-0.2, -0.15) is 5.26 Å². The van der Waals surface area contributed by atoms with Crippen molar-refractivity contribution < 1.29 is 22.1 Å². The number of benzene rings is 2. The highest BCUT2D eigenvalue weighted by molar-refractivity contribution is 7.84. The Morgan fingerprint density at radius 1 is 1.06 bits per heavy atom. The molecule has 0 saturated carbocycles. The van der Waals surface area contributed by atoms with Gasteiger partial charge >= 0.3 is 5.82 Å². The number of rotatable bonds is 5. The van der Waals surface area contributed by atoms with Gasteiger partial charge in [-0.25, -0.2) is 8.42 Å². The van der Waals surface area contributed by atoms with Gasteiger partial charge in [-0.05, 0) is 29.8 Å². The van der Waals surface area contributed by atoms with E-state index in [0.717, 1.165) is 16.7 Å². The lowest BCUT2D eigenvalue weighted by Crippen LogP contribution is -2.48. The third-order valence-corrected chi connectivity index (χ3v) is 5.20. The van der Waals surface area contributed by atoms with Crippen LogP contribution in [0.4, 0.5) is 11.5 Å². The predicted octanol–water partition coefficient (Wildman–Crippen LogP) is 2.23. The van der Waals surface area contributed by atoms with E-state index >= 15 is 0 Å². The number of nitrogens with one attached hydrogen (secondary N) is 1. The molecule has 2 aromatic carbocycles. The third-order valence-electron chi connectivity index (χ3n) is 4.52. The lowest BCUT2D eigenvalue weighted by Gasteiger charge is -2.12. The van der Waals surface area contributed by atoms with E-state index in [1.54, 1.807) is 36.6 Å². The Kier molecular flexibility index (Phi) is 6.94. The first-order valence-electron chi connectivity index (χ1n) is 9.45. The summed E-state index contributed by atoms with van der Waals surface area (Å²) in [5.41, 5.74) is 8.22. The lowest BCUT2D eigenvalue weighted by molar-refractivity contribution is -0.596. The molecule has 2 aromatic heterocycles. The summed E-state index contributed by atoms with van der Waals surface area (Å²) in [4.78, 5) is 0. The molecule has 164 valence electrons. The smallest absolute Gasteiger partial charge is 0.316 e. The molecule has 0 saturated heterocycles. The first kappa shape index (κ1) is 22.6. The fraction of sp³-hybridized carbons (Fsp3) is 0.0909. The van der Waals surface area contributed by atoms with Crippen LogP contribution in [-0.2, 0) is 22.4 Å². The molecule has 9 nitrogen and oxygen atoms in total. The third kappa shape index (κ3) is 5.54. The monoisotopic (exact) mass is 451 g/mol. The normalized spacial score (nSPS) is 10.8. The standard InChI is InChI=1S/C15H13N5O.C7H8O3S/c16-8-12-14(19-9-10-4-3-7-21-10)11-5-1-2-6-13(11)20(18)15(12)17;8-11(9,10)6-7-4-2-1-3-5-7/h1-7H,9,18H2,(H2,17,19);1-5H,6H2,(H,8,9,10). The summed E-state index contributed by atoms with van der Waals surface area (Å²) in [6, 6.07) is 21.6. The molecule has 5 N–H and O–H groups in total. The number of fused-ring (bicyclic) bond motifs is 1. The van der Waals surface area contributed by atoms with E-state index in [1.165, 1.54) is 4.68 Å². The van der Waals surface area contributed by atoms with Gasteiger partial charge in [0.1, 0.15) is 11.8 Å². The fourth-order valence-electron chi connectivity index (χ4n) is 3.07. The van der Waals surface area contributed by atoms with Gasteiger partial charge in [-0.1, -0.05) is 42.5 Å². The van der Waals surface area contributed by atoms with Crippen molar-refractivity contribution in [3.8, 4) is 6.07 Å². The van der Waals surface area contributed by atoms with Crippen LogP contribution in [0.3, 0.4) is 0 Å². The Labute approximate surface area is 185 Å². The summed E-state index contributed by atoms with van der Waals surface area (Å²) < 4.78 is 37.3. The SMILES string of the molecule is N#Cc1c(NCc2ccco2)c2ccccc2[n+](N)c1N.O=S(=O)([O-])Cc1ccccc1. The average Bonchev–Trinajstić information content (AvgIpc) is 3.29. The van der Waals surface area contributed by atoms with Gasteiger partial charge in [-0.3, -0.25) is 11.6 Å². The predicted molar refractivity (Wildman–Crippen MR) is 119 cm³/mol. The first-order chi connectivity index (χ1) is 15.3. The van der Waals surface area contributed by atoms with Crippen LogP contribution in [0.15, 0.2) is 77.4 Å². The Morgan fingerprint density at radius 2 is 1.75 bits per heavy atom. The number of nitrogens with zero attached hydrogens (tertiary/aromatic N) is 2. The Balaban J connectivity index is 0.000000222. The zero-order chi connectivity index (χ0) is 23.1. The zero-order valence-corrected chi connectivity index (χ0v) is 17.7. The van der Waals surface area contributed by atoms with Gasteiger partial charge in [-0.15, -0.1) is 4.68 Å². The van der Waals surface area contributed by atoms with E-state index in [9.17, 15) is 18.2 Å². The number of nitriles is 1. The van der Waals surface area contributed by atoms with Crippen LogP contribution in [0, 0.1) is 11.3 Å². The van der Waals surface area contributed by atoms with Gasteiger partial charge in [0.2, 0.25) is 0 Å². The minimum atomic E-state index is -4.13. The maximum absolute atomic E-state index is 10.2. The number of aromatic nitrogens is 1. The molecule has 4 rings (SSSR count). The molecule has 2 heterocycles. The Bertz CT molecular complexity index is 1350. The van der Waals surface area contributed by atoms with Crippen molar-refractivity contribution in [3.05, 3.63) is 89.9 Å². The lowest BCUT2D eigenvalue weighted by atomic mass is 10.1. The van der Waals surface area contributed by atoms with Crippen LogP contribution in [0.5, 0.6) is 0 Å². The highest BCUT2D eigenvalue weighted by Crippen LogP contribution is 2.28. The number of nitrogens with two attached hydrogens (primary N) is 2. The summed E-state index contributed by atoms with van der Waals surface area (Å²) in [5, 5.41) is 13.4. The van der Waals surface area contributed by atoms with E-state index in [-0.39, 0.29) is 5.82 Å². The molecule has 0 radical (unpaired) electrons. The molecule has 0 unspecified atom stereocenters. The maximum Gasteiger partial charge on any atom is 0.316 e. The quantitative estimate of drug-likeness (QED) is 0.236. The van der Waals surface area contributed by atoms with Crippen molar-refractivity contribution in [1.29, 1.82) is 5.26 Å². The second kappa shape index (κ2) is 9.82. The van der Waals surface area contributed by atoms with Crippen LogP contribution in [0.25, 0.3) is 10.9 Å². The number of anilines is 2. The van der Waals surface area contributed by atoms with E-state index < -0.39 is 15.9 Å². The zero-order valence-electron chi connectivity index (χ0n) is 16.9. The molecule has 0 fully saturated rings. The van der Waals surface area contributed by atoms with Crippen molar-refractivity contribution in [2.24, 2.45) is 0 Å². The minimum Gasteiger partial charge on any atom is -0.748 e. The topological polar surface area (TPSA) is 162 Å². The summed E-state index contributed by atoms with van der Waals surface area (Å²) in [6.07, 6.45) is 1.60. The number of nitrogen functional groups attached to an aromatic ring is 2. The summed E-state index contributed by atoms with van der Waals surface area (Å²) in [6.45, 7) is 0.458. The molecule has 0 aliphatic rings. The second-order valence-corrected chi connectivity index (χ2v) is 8.16. The van der Waals surface area contributed by atoms with E-state index in [0.29, 0.717) is 23.4 Å². The van der Waals surface area contributed by atoms with Crippen molar-refractivity contribution in [2.45, 2.75) is 12.3 Å². The van der Waals surface area contributed by atoms with Crippen LogP contribution >= 0.6 is 0 Å². The molecule has 0 spiro atoms. The summed E-state index contributed by atoms with van der Waals surface area (Å²) in [7, 11) is -4.13. The largest absolute Gasteiger partial charge is 0.748 e. The highest BCUT2D eigenvalue weighted by atomic mass is 32.2. The molecule has 0 aliphatic heterocycles. The molecule has 4 aromatic rings. The van der Waals surface area contributed by atoms with Gasteiger partial charge in [0.15, 0.2) is 11.1 Å². The second-order valence-electron chi connectivity index (χ2n) is 6.75. The molecular weight excluding hydrogens is 430 g/mol. The fourth-order valence-corrected chi connectivity index (χ4v) is 3.67. The van der Waals surface area contributed by atoms with Crippen molar-refractivity contribution >= 4 is 32.5 Å². The molecular formula is C22H21N5O4S. The van der Waals surface area contributed by atoms with Gasteiger partial charge in [0, 0.05) is 5.39 Å². The van der Waals surface area contributed by atoms with Crippen LogP contribution in [-0.4, -0.2) is 13.0 Å². The van der Waals surface area contributed by atoms with E-state index in [1.807, 2.05) is 36.4 Å². The molecule has 0 atom stereocenters. The molecule has 0 bridgehead atoms. The van der Waals surface area contributed by atoms with Crippen molar-refractivity contribution in [2.75, 3.05) is 16.9 Å². The Hall–Kier alpha value is -4.07. The molecule has 10 heteroatoms. The van der Waals surface area contributed by atoms with Crippen LogP contribution in [0.2, 0.25) is 0 Å². The molecule has 0 amide bonds. The van der Waals surface area contributed by atoms with Gasteiger partial charge in [0.25, 0.3) is 0 Å². The minimum absolute atomic E-state index is 0.221. The number of pyridine rings is 1. The number of para-hydroxylation sites is 1. The van der Waals surface area contributed by atoms with Crippen molar-refractivity contribution in [3.63, 3.8) is 0 Å². The van der Waals surface area contributed by atoms with Crippen LogP contribution < -0.4 is 21.6 Å². The first-order valence-corrected chi connectivity index (χ1v) is 11.0. The number of furan rings is 1. The Morgan fingerprint density at radius 3 is 2.38 bits per heavy atom. The van der Waals surface area contributed by atoms with E-state index in [4.69, 9.17) is 16.0 Å². The average molecular weight is 452 g/mol. The van der Waals surface area contributed by atoms with Gasteiger partial charge < -0.3 is 14.3 Å². The summed E-state index contributed by atoms with van der Waals surface area (Å²) >= 11 is 0. The number of hydrogen-bond acceptors (Lipinski definition) is 8. The summed E-state index contributed by atoms with van der Waals surface area (Å²) in [5.74, 6) is 6.52. The maximum atomic E-state index is 10.2. The number of hydrogen-bond donors (Lipinski definition) is 3. The molecule has 32 heavy (non-hydrogen) atoms. The molecule has 0 aliphatic carbocycles.